The van der Waals surface area contributed by atoms with Crippen molar-refractivity contribution in [3.05, 3.63) is 71.5 Å². The fraction of sp³-hybridized carbons (Fsp3) is 0.333. The van der Waals surface area contributed by atoms with Crippen molar-refractivity contribution in [2.75, 3.05) is 27.9 Å². The van der Waals surface area contributed by atoms with Gasteiger partial charge in [0.05, 0.1) is 27.4 Å². The maximum absolute atomic E-state index is 10.4. The Hall–Kier alpha value is -3.12. The van der Waals surface area contributed by atoms with Gasteiger partial charge in [0.25, 0.3) is 0 Å². The SMILES string of the molecule is COc1ccc(OC)c(CN2CCCn3cccc3C2c2ccc(OC)c(O)c2)c1. The molecule has 0 aliphatic carbocycles. The average Bonchev–Trinajstić information content (AvgIpc) is 3.15. The van der Waals surface area contributed by atoms with Crippen LogP contribution in [0.3, 0.4) is 0 Å². The molecule has 6 nitrogen and oxygen atoms in total. The fourth-order valence-corrected chi connectivity index (χ4v) is 4.29. The van der Waals surface area contributed by atoms with Gasteiger partial charge in [0, 0.05) is 37.1 Å². The van der Waals surface area contributed by atoms with Crippen molar-refractivity contribution in [1.82, 2.24) is 9.47 Å². The number of nitrogens with zero attached hydrogens (tertiary/aromatic N) is 2. The molecule has 1 aliphatic heterocycles. The van der Waals surface area contributed by atoms with E-state index in [0.717, 1.165) is 42.1 Å². The highest BCUT2D eigenvalue weighted by Crippen LogP contribution is 2.38. The number of aromatic nitrogens is 1. The van der Waals surface area contributed by atoms with Gasteiger partial charge in [-0.25, -0.2) is 0 Å². The van der Waals surface area contributed by atoms with Gasteiger partial charge in [-0.15, -0.1) is 0 Å². The molecule has 1 atom stereocenters. The van der Waals surface area contributed by atoms with Crippen LogP contribution >= 0.6 is 0 Å². The molecule has 1 unspecified atom stereocenters. The van der Waals surface area contributed by atoms with Gasteiger partial charge >= 0.3 is 0 Å². The zero-order valence-electron chi connectivity index (χ0n) is 17.7. The van der Waals surface area contributed by atoms with Gasteiger partial charge < -0.3 is 23.9 Å². The summed E-state index contributed by atoms with van der Waals surface area (Å²) in [5.41, 5.74) is 3.30. The van der Waals surface area contributed by atoms with Crippen LogP contribution in [0.1, 0.15) is 29.3 Å². The molecule has 1 aromatic heterocycles. The Kier molecular flexibility index (Phi) is 5.86. The number of phenolic OH excluding ortho intramolecular Hbond substituents is 1. The van der Waals surface area contributed by atoms with E-state index in [1.54, 1.807) is 21.3 Å². The van der Waals surface area contributed by atoms with Crippen molar-refractivity contribution in [2.24, 2.45) is 0 Å². The molecular formula is C24H28N2O4. The van der Waals surface area contributed by atoms with Crippen molar-refractivity contribution >= 4 is 0 Å². The molecule has 158 valence electrons. The lowest BCUT2D eigenvalue weighted by Crippen LogP contribution is -2.29. The molecule has 4 rings (SSSR count). The summed E-state index contributed by atoms with van der Waals surface area (Å²) in [7, 11) is 4.93. The van der Waals surface area contributed by atoms with Gasteiger partial charge in [0.2, 0.25) is 0 Å². The largest absolute Gasteiger partial charge is 0.504 e. The summed E-state index contributed by atoms with van der Waals surface area (Å²) in [6.07, 6.45) is 3.16. The number of rotatable bonds is 6. The Morgan fingerprint density at radius 2 is 1.73 bits per heavy atom. The van der Waals surface area contributed by atoms with Crippen LogP contribution in [0.25, 0.3) is 0 Å². The van der Waals surface area contributed by atoms with E-state index in [2.05, 4.69) is 27.8 Å². The molecule has 3 aromatic rings. The predicted molar refractivity (Wildman–Crippen MR) is 116 cm³/mol. The Morgan fingerprint density at radius 1 is 0.933 bits per heavy atom. The number of ether oxygens (including phenoxy) is 3. The fourth-order valence-electron chi connectivity index (χ4n) is 4.29. The van der Waals surface area contributed by atoms with Crippen LogP contribution in [-0.2, 0) is 13.1 Å². The molecule has 1 N–H and O–H groups in total. The number of methoxy groups -OCH3 is 3. The van der Waals surface area contributed by atoms with E-state index >= 15 is 0 Å². The second-order valence-corrected chi connectivity index (χ2v) is 7.46. The van der Waals surface area contributed by atoms with E-state index in [4.69, 9.17) is 14.2 Å². The lowest BCUT2D eigenvalue weighted by Gasteiger charge is -2.31. The summed E-state index contributed by atoms with van der Waals surface area (Å²) in [6.45, 7) is 2.58. The van der Waals surface area contributed by atoms with Crippen LogP contribution in [0, 0.1) is 0 Å². The van der Waals surface area contributed by atoms with E-state index in [0.29, 0.717) is 12.3 Å². The minimum atomic E-state index is -0.00443. The molecule has 2 heterocycles. The Bertz CT molecular complexity index is 1010. The molecule has 0 radical (unpaired) electrons. The van der Waals surface area contributed by atoms with Gasteiger partial charge in [-0.2, -0.15) is 0 Å². The third kappa shape index (κ3) is 3.83. The zero-order valence-corrected chi connectivity index (χ0v) is 17.7. The lowest BCUT2D eigenvalue weighted by atomic mass is 10.00. The molecule has 0 spiro atoms. The third-order valence-corrected chi connectivity index (χ3v) is 5.73. The van der Waals surface area contributed by atoms with Gasteiger partial charge in [-0.05, 0) is 54.4 Å². The molecule has 0 saturated carbocycles. The summed E-state index contributed by atoms with van der Waals surface area (Å²) in [6, 6.07) is 15.8. The van der Waals surface area contributed by atoms with E-state index in [9.17, 15) is 5.11 Å². The number of hydrogen-bond acceptors (Lipinski definition) is 5. The lowest BCUT2D eigenvalue weighted by molar-refractivity contribution is 0.216. The van der Waals surface area contributed by atoms with E-state index < -0.39 is 0 Å². The molecule has 0 amide bonds. The molecule has 2 aromatic carbocycles. The first-order valence-corrected chi connectivity index (χ1v) is 10.1. The van der Waals surface area contributed by atoms with Gasteiger partial charge in [0.1, 0.15) is 11.5 Å². The molecule has 6 heteroatoms. The molecule has 0 saturated heterocycles. The second kappa shape index (κ2) is 8.71. The van der Waals surface area contributed by atoms with Crippen molar-refractivity contribution in [1.29, 1.82) is 0 Å². The second-order valence-electron chi connectivity index (χ2n) is 7.46. The number of hydrogen-bond donors (Lipinski definition) is 1. The Morgan fingerprint density at radius 3 is 2.47 bits per heavy atom. The standard InChI is InChI=1S/C24H28N2O4/c1-28-19-8-10-22(29-2)18(14-19)16-26-13-5-12-25-11-4-6-20(25)24(26)17-7-9-23(30-3)21(27)15-17/h4,6-11,14-15,24,27H,5,12-13,16H2,1-3H3. The molecule has 30 heavy (non-hydrogen) atoms. The Labute approximate surface area is 177 Å². The van der Waals surface area contributed by atoms with Crippen LogP contribution in [0.15, 0.2) is 54.7 Å². The summed E-state index contributed by atoms with van der Waals surface area (Å²) in [4.78, 5) is 2.43. The highest BCUT2D eigenvalue weighted by Gasteiger charge is 2.29. The first-order valence-electron chi connectivity index (χ1n) is 10.1. The van der Waals surface area contributed by atoms with Gasteiger partial charge in [-0.1, -0.05) is 6.07 Å². The molecular weight excluding hydrogens is 380 g/mol. The maximum Gasteiger partial charge on any atom is 0.160 e. The van der Waals surface area contributed by atoms with E-state index in [-0.39, 0.29) is 11.8 Å². The summed E-state index contributed by atoms with van der Waals surface area (Å²) in [5, 5.41) is 10.4. The minimum absolute atomic E-state index is 0.00443. The van der Waals surface area contributed by atoms with Crippen molar-refractivity contribution in [2.45, 2.75) is 25.6 Å². The van der Waals surface area contributed by atoms with Crippen LogP contribution in [-0.4, -0.2) is 42.4 Å². The predicted octanol–water partition coefficient (Wildman–Crippen LogP) is 4.21. The summed E-state index contributed by atoms with van der Waals surface area (Å²) >= 11 is 0. The Balaban J connectivity index is 1.77. The first-order chi connectivity index (χ1) is 14.6. The summed E-state index contributed by atoms with van der Waals surface area (Å²) in [5.74, 6) is 2.27. The monoisotopic (exact) mass is 408 g/mol. The van der Waals surface area contributed by atoms with Crippen LogP contribution in [0.5, 0.6) is 23.0 Å². The summed E-state index contributed by atoms with van der Waals surface area (Å²) < 4.78 is 18.6. The topological polar surface area (TPSA) is 56.1 Å². The zero-order chi connectivity index (χ0) is 21.1. The smallest absolute Gasteiger partial charge is 0.160 e. The van der Waals surface area contributed by atoms with Crippen LogP contribution in [0.4, 0.5) is 0 Å². The average molecular weight is 408 g/mol. The molecule has 1 aliphatic rings. The first kappa shape index (κ1) is 20.2. The number of aryl methyl sites for hydroxylation is 1. The van der Waals surface area contributed by atoms with Gasteiger partial charge in [-0.3, -0.25) is 4.90 Å². The van der Waals surface area contributed by atoms with E-state index in [1.165, 1.54) is 5.69 Å². The quantitative estimate of drug-likeness (QED) is 0.662. The number of fused-ring (bicyclic) bond motifs is 1. The van der Waals surface area contributed by atoms with Gasteiger partial charge in [0.15, 0.2) is 11.5 Å². The van der Waals surface area contributed by atoms with Crippen molar-refractivity contribution < 1.29 is 19.3 Å². The van der Waals surface area contributed by atoms with Crippen LogP contribution in [0.2, 0.25) is 0 Å². The number of phenols is 1. The van der Waals surface area contributed by atoms with E-state index in [1.807, 2.05) is 36.4 Å². The highest BCUT2D eigenvalue weighted by atomic mass is 16.5. The molecule has 0 bridgehead atoms. The normalized spacial score (nSPS) is 16.6. The number of aromatic hydroxyl groups is 1. The highest BCUT2D eigenvalue weighted by molar-refractivity contribution is 5.45. The minimum Gasteiger partial charge on any atom is -0.504 e. The molecule has 0 fully saturated rings. The third-order valence-electron chi connectivity index (χ3n) is 5.73. The van der Waals surface area contributed by atoms with Crippen molar-refractivity contribution in [3.8, 4) is 23.0 Å². The number of benzene rings is 2. The maximum atomic E-state index is 10.4. The van der Waals surface area contributed by atoms with Crippen molar-refractivity contribution in [3.63, 3.8) is 0 Å². The van der Waals surface area contributed by atoms with Crippen LogP contribution < -0.4 is 14.2 Å².